The van der Waals surface area contributed by atoms with Gasteiger partial charge in [-0.3, -0.25) is 20.2 Å². The van der Waals surface area contributed by atoms with Crippen molar-refractivity contribution < 1.29 is 9.59 Å². The van der Waals surface area contributed by atoms with Gasteiger partial charge in [-0.25, -0.2) is 4.99 Å². The Morgan fingerprint density at radius 1 is 1.33 bits per heavy atom. The van der Waals surface area contributed by atoms with Crippen LogP contribution < -0.4 is 10.6 Å². The highest BCUT2D eigenvalue weighted by atomic mass is 32.2. The molecule has 1 fully saturated rings. The largest absolute Gasteiger partial charge is 0.316 e. The standard InChI is InChI=1S/C9H15N3O2S/c1-3-15-5-4-6(2)10-9-11-7(13)8(14)12-9/h6H,3-5H2,1-2H3,(H2,10,11,12,13,14). The van der Waals surface area contributed by atoms with Gasteiger partial charge in [0.15, 0.2) is 0 Å². The first-order valence-corrected chi connectivity index (χ1v) is 6.06. The molecule has 0 saturated carbocycles. The summed E-state index contributed by atoms with van der Waals surface area (Å²) in [7, 11) is 0. The molecule has 84 valence electrons. The van der Waals surface area contributed by atoms with Gasteiger partial charge in [0.05, 0.1) is 6.04 Å². The van der Waals surface area contributed by atoms with E-state index < -0.39 is 11.8 Å². The van der Waals surface area contributed by atoms with Crippen LogP contribution in [0.15, 0.2) is 4.99 Å². The Morgan fingerprint density at radius 3 is 2.47 bits per heavy atom. The van der Waals surface area contributed by atoms with Crippen molar-refractivity contribution in [3.8, 4) is 0 Å². The van der Waals surface area contributed by atoms with Crippen LogP contribution >= 0.6 is 11.8 Å². The second kappa shape index (κ2) is 5.75. The van der Waals surface area contributed by atoms with Crippen molar-refractivity contribution in [2.24, 2.45) is 4.99 Å². The third kappa shape index (κ3) is 3.91. The topological polar surface area (TPSA) is 70.6 Å². The summed E-state index contributed by atoms with van der Waals surface area (Å²) in [4.78, 5) is 25.8. The number of thioether (sulfide) groups is 1. The average Bonchev–Trinajstić information content (AvgIpc) is 2.46. The van der Waals surface area contributed by atoms with Gasteiger partial charge in [-0.2, -0.15) is 11.8 Å². The highest BCUT2D eigenvalue weighted by Crippen LogP contribution is 2.06. The number of nitrogens with zero attached hydrogens (tertiary/aromatic N) is 1. The second-order valence-corrected chi connectivity index (χ2v) is 4.61. The van der Waals surface area contributed by atoms with Crippen molar-refractivity contribution in [1.29, 1.82) is 0 Å². The van der Waals surface area contributed by atoms with E-state index in [9.17, 15) is 9.59 Å². The van der Waals surface area contributed by atoms with E-state index in [1.165, 1.54) is 0 Å². The van der Waals surface area contributed by atoms with E-state index in [2.05, 4.69) is 22.5 Å². The number of amides is 2. The zero-order valence-electron chi connectivity index (χ0n) is 8.87. The van der Waals surface area contributed by atoms with Gasteiger partial charge in [0.1, 0.15) is 0 Å². The van der Waals surface area contributed by atoms with Gasteiger partial charge in [-0.05, 0) is 24.9 Å². The Labute approximate surface area is 93.1 Å². The number of hydrogen-bond donors (Lipinski definition) is 2. The molecular formula is C9H15N3O2S. The fourth-order valence-electron chi connectivity index (χ4n) is 1.11. The minimum atomic E-state index is -0.635. The van der Waals surface area contributed by atoms with Gasteiger partial charge < -0.3 is 0 Å². The SMILES string of the molecule is CCSCCC(C)N=C1NC(=O)C(=O)N1. The van der Waals surface area contributed by atoms with E-state index in [0.29, 0.717) is 0 Å². The summed E-state index contributed by atoms with van der Waals surface area (Å²) in [5.74, 6) is 1.14. The molecule has 6 heteroatoms. The molecule has 0 aliphatic carbocycles. The van der Waals surface area contributed by atoms with E-state index >= 15 is 0 Å². The first-order valence-electron chi connectivity index (χ1n) is 4.91. The number of aliphatic imine (C=N–C) groups is 1. The molecule has 0 spiro atoms. The van der Waals surface area contributed by atoms with Gasteiger partial charge in [0.2, 0.25) is 5.96 Å². The summed E-state index contributed by atoms with van der Waals surface area (Å²) >= 11 is 1.85. The molecule has 0 bridgehead atoms. The molecule has 2 amide bonds. The van der Waals surface area contributed by atoms with Crippen molar-refractivity contribution in [3.05, 3.63) is 0 Å². The number of nitrogens with one attached hydrogen (secondary N) is 2. The van der Waals surface area contributed by atoms with Crippen molar-refractivity contribution in [2.45, 2.75) is 26.3 Å². The third-order valence-corrected chi connectivity index (χ3v) is 2.84. The maximum atomic E-state index is 10.8. The van der Waals surface area contributed by atoms with Crippen LogP contribution in [0.2, 0.25) is 0 Å². The van der Waals surface area contributed by atoms with Crippen molar-refractivity contribution in [1.82, 2.24) is 10.6 Å². The molecule has 0 aromatic carbocycles. The molecule has 1 aliphatic heterocycles. The second-order valence-electron chi connectivity index (χ2n) is 3.22. The molecule has 0 aromatic heterocycles. The number of rotatable bonds is 5. The molecule has 1 unspecified atom stereocenters. The van der Waals surface area contributed by atoms with Crippen LogP contribution in [0, 0.1) is 0 Å². The predicted molar refractivity (Wildman–Crippen MR) is 60.8 cm³/mol. The molecule has 2 N–H and O–H groups in total. The number of carbonyl (C=O) groups is 2. The maximum absolute atomic E-state index is 10.8. The fourth-order valence-corrected chi connectivity index (χ4v) is 1.90. The number of guanidine groups is 1. The predicted octanol–water partition coefficient (Wildman–Crippen LogP) is 0.120. The third-order valence-electron chi connectivity index (χ3n) is 1.90. The van der Waals surface area contributed by atoms with Gasteiger partial charge in [-0.15, -0.1) is 0 Å². The minimum Gasteiger partial charge on any atom is -0.288 e. The lowest BCUT2D eigenvalue weighted by Gasteiger charge is -2.06. The lowest BCUT2D eigenvalue weighted by atomic mass is 10.3. The smallest absolute Gasteiger partial charge is 0.288 e. The molecule has 15 heavy (non-hydrogen) atoms. The van der Waals surface area contributed by atoms with Crippen molar-refractivity contribution in [2.75, 3.05) is 11.5 Å². The highest BCUT2D eigenvalue weighted by molar-refractivity contribution is 7.99. The highest BCUT2D eigenvalue weighted by Gasteiger charge is 2.25. The van der Waals surface area contributed by atoms with Crippen LogP contribution in [0.5, 0.6) is 0 Å². The normalized spacial score (nSPS) is 17.3. The Kier molecular flexibility index (Phi) is 4.61. The van der Waals surface area contributed by atoms with Gasteiger partial charge in [-0.1, -0.05) is 6.92 Å². The summed E-state index contributed by atoms with van der Waals surface area (Å²) in [6.45, 7) is 4.07. The monoisotopic (exact) mass is 229 g/mol. The van der Waals surface area contributed by atoms with Crippen molar-refractivity contribution >= 4 is 29.5 Å². The molecule has 1 rings (SSSR count). The summed E-state index contributed by atoms with van der Waals surface area (Å²) in [6.07, 6.45) is 0.938. The fraction of sp³-hybridized carbons (Fsp3) is 0.667. The first kappa shape index (κ1) is 12.0. The average molecular weight is 229 g/mol. The quantitative estimate of drug-likeness (QED) is 0.519. The molecule has 5 nitrogen and oxygen atoms in total. The zero-order chi connectivity index (χ0) is 11.3. The van der Waals surface area contributed by atoms with E-state index in [-0.39, 0.29) is 12.0 Å². The molecular weight excluding hydrogens is 214 g/mol. The molecule has 0 radical (unpaired) electrons. The van der Waals surface area contributed by atoms with Crippen LogP contribution in [-0.2, 0) is 9.59 Å². The van der Waals surface area contributed by atoms with Crippen LogP contribution in [0.1, 0.15) is 20.3 Å². The van der Waals surface area contributed by atoms with E-state index in [4.69, 9.17) is 0 Å². The first-order chi connectivity index (χ1) is 7.13. The summed E-state index contributed by atoms with van der Waals surface area (Å²) < 4.78 is 0. The minimum absolute atomic E-state index is 0.109. The maximum Gasteiger partial charge on any atom is 0.316 e. The van der Waals surface area contributed by atoms with Crippen molar-refractivity contribution in [3.63, 3.8) is 0 Å². The van der Waals surface area contributed by atoms with Crippen LogP contribution in [-0.4, -0.2) is 35.3 Å². The Bertz CT molecular complexity index is 273. The molecule has 1 saturated heterocycles. The summed E-state index contributed by atoms with van der Waals surface area (Å²) in [5.41, 5.74) is 0. The van der Waals surface area contributed by atoms with E-state index in [0.717, 1.165) is 17.9 Å². The van der Waals surface area contributed by atoms with Crippen LogP contribution in [0.25, 0.3) is 0 Å². The van der Waals surface area contributed by atoms with Gasteiger partial charge >= 0.3 is 11.8 Å². The van der Waals surface area contributed by atoms with Crippen LogP contribution in [0.3, 0.4) is 0 Å². The summed E-state index contributed by atoms with van der Waals surface area (Å²) in [5, 5.41) is 4.74. The molecule has 1 aliphatic rings. The Hall–Kier alpha value is -1.04. The molecule has 1 heterocycles. The van der Waals surface area contributed by atoms with Gasteiger partial charge in [0.25, 0.3) is 0 Å². The molecule has 1 atom stereocenters. The summed E-state index contributed by atoms with van der Waals surface area (Å²) in [6, 6.07) is 0.109. The lowest BCUT2D eigenvalue weighted by Crippen LogP contribution is -2.27. The number of carbonyl (C=O) groups excluding carboxylic acids is 2. The molecule has 0 aromatic rings. The number of hydrogen-bond acceptors (Lipinski definition) is 4. The van der Waals surface area contributed by atoms with E-state index in [1.807, 2.05) is 18.7 Å². The van der Waals surface area contributed by atoms with Gasteiger partial charge in [0, 0.05) is 0 Å². The Balaban J connectivity index is 2.36. The van der Waals surface area contributed by atoms with Crippen LogP contribution in [0.4, 0.5) is 0 Å². The lowest BCUT2D eigenvalue weighted by molar-refractivity contribution is -0.135. The van der Waals surface area contributed by atoms with E-state index in [1.54, 1.807) is 0 Å². The zero-order valence-corrected chi connectivity index (χ0v) is 9.69. The Morgan fingerprint density at radius 2 is 1.93 bits per heavy atom.